The first-order valence-corrected chi connectivity index (χ1v) is 7.23. The second kappa shape index (κ2) is 7.63. The van der Waals surface area contributed by atoms with E-state index >= 15 is 0 Å². The van der Waals surface area contributed by atoms with Gasteiger partial charge in [-0.1, -0.05) is 0 Å². The number of benzene rings is 1. The predicted octanol–water partition coefficient (Wildman–Crippen LogP) is 2.60. The second-order valence-electron chi connectivity index (χ2n) is 5.27. The summed E-state index contributed by atoms with van der Waals surface area (Å²) in [5, 5.41) is 13.6. The van der Waals surface area contributed by atoms with Crippen molar-refractivity contribution in [1.82, 2.24) is 5.32 Å². The van der Waals surface area contributed by atoms with Crippen LogP contribution in [0.4, 0.5) is 14.9 Å². The number of halogens is 1. The van der Waals surface area contributed by atoms with Crippen LogP contribution in [0.5, 0.6) is 5.75 Å². The summed E-state index contributed by atoms with van der Waals surface area (Å²) >= 11 is 0. The molecule has 1 fully saturated rings. The van der Waals surface area contributed by atoms with Crippen LogP contribution in [0.3, 0.4) is 0 Å². The molecular weight excluding hydrogens is 291 g/mol. The monoisotopic (exact) mass is 310 g/mol. The first-order valence-electron chi connectivity index (χ1n) is 7.23. The van der Waals surface area contributed by atoms with Crippen molar-refractivity contribution in [1.29, 1.82) is 0 Å². The molecule has 1 aromatic rings. The first kappa shape index (κ1) is 16.1. The molecule has 0 saturated heterocycles. The Labute approximate surface area is 127 Å². The Hall–Kier alpha value is -2.31. The lowest BCUT2D eigenvalue weighted by Gasteiger charge is -2.13. The number of carbonyl (C=O) groups is 2. The lowest BCUT2D eigenvalue weighted by molar-refractivity contribution is -0.137. The number of nitrogens with one attached hydrogen (secondary N) is 2. The minimum atomic E-state index is -0.906. The predicted molar refractivity (Wildman–Crippen MR) is 78.5 cm³/mol. The average molecular weight is 310 g/mol. The van der Waals surface area contributed by atoms with Crippen molar-refractivity contribution in [2.45, 2.75) is 25.7 Å². The number of carboxylic acids is 1. The number of amides is 2. The third-order valence-electron chi connectivity index (χ3n) is 3.22. The zero-order chi connectivity index (χ0) is 15.9. The number of aliphatic carboxylic acids is 1. The number of anilines is 1. The molecule has 120 valence electrons. The normalized spacial score (nSPS) is 13.5. The lowest BCUT2D eigenvalue weighted by atomic mass is 10.3. The van der Waals surface area contributed by atoms with Gasteiger partial charge in [-0.25, -0.2) is 9.18 Å². The molecule has 0 aliphatic heterocycles. The van der Waals surface area contributed by atoms with Crippen LogP contribution in [0.1, 0.15) is 25.7 Å². The standard InChI is InChI=1S/C15H19FN2O4/c16-11-5-6-12(13(8-11)22-9-10-3-4-10)18-15(21)17-7-1-2-14(19)20/h5-6,8,10H,1-4,7,9H2,(H,19,20)(H2,17,18,21). The minimum absolute atomic E-state index is 0.00736. The van der Waals surface area contributed by atoms with E-state index in [9.17, 15) is 14.0 Å². The second-order valence-corrected chi connectivity index (χ2v) is 5.27. The van der Waals surface area contributed by atoms with Gasteiger partial charge in [0, 0.05) is 19.0 Å². The largest absolute Gasteiger partial charge is 0.491 e. The molecule has 22 heavy (non-hydrogen) atoms. The van der Waals surface area contributed by atoms with Crippen LogP contribution < -0.4 is 15.4 Å². The van der Waals surface area contributed by atoms with E-state index < -0.39 is 17.8 Å². The molecule has 7 heteroatoms. The van der Waals surface area contributed by atoms with Crippen LogP contribution in [0.15, 0.2) is 18.2 Å². The first-order chi connectivity index (χ1) is 10.5. The van der Waals surface area contributed by atoms with Gasteiger partial charge in [-0.15, -0.1) is 0 Å². The molecule has 2 amide bonds. The van der Waals surface area contributed by atoms with Gasteiger partial charge in [-0.3, -0.25) is 4.79 Å². The van der Waals surface area contributed by atoms with Crippen molar-refractivity contribution in [2.24, 2.45) is 5.92 Å². The number of carbonyl (C=O) groups excluding carboxylic acids is 1. The highest BCUT2D eigenvalue weighted by Crippen LogP contribution is 2.32. The summed E-state index contributed by atoms with van der Waals surface area (Å²) in [5.74, 6) is -0.525. The quantitative estimate of drug-likeness (QED) is 0.644. The molecule has 0 heterocycles. The van der Waals surface area contributed by atoms with Gasteiger partial charge < -0.3 is 20.5 Å². The highest BCUT2D eigenvalue weighted by molar-refractivity contribution is 5.90. The van der Waals surface area contributed by atoms with Crippen molar-refractivity contribution in [3.8, 4) is 5.75 Å². The molecule has 6 nitrogen and oxygen atoms in total. The zero-order valence-electron chi connectivity index (χ0n) is 12.1. The van der Waals surface area contributed by atoms with Crippen molar-refractivity contribution in [2.75, 3.05) is 18.5 Å². The van der Waals surface area contributed by atoms with Crippen LogP contribution in [-0.4, -0.2) is 30.3 Å². The molecule has 0 atom stereocenters. The molecule has 0 bridgehead atoms. The lowest BCUT2D eigenvalue weighted by Crippen LogP contribution is -2.30. The average Bonchev–Trinajstić information content (AvgIpc) is 3.28. The van der Waals surface area contributed by atoms with Crippen molar-refractivity contribution >= 4 is 17.7 Å². The zero-order valence-corrected chi connectivity index (χ0v) is 12.1. The third-order valence-corrected chi connectivity index (χ3v) is 3.22. The fourth-order valence-corrected chi connectivity index (χ4v) is 1.82. The fraction of sp³-hybridized carbons (Fsp3) is 0.467. The van der Waals surface area contributed by atoms with E-state index in [-0.39, 0.29) is 13.0 Å². The van der Waals surface area contributed by atoms with E-state index in [1.807, 2.05) is 0 Å². The Kier molecular flexibility index (Phi) is 5.57. The number of carboxylic acid groups (broad SMARTS) is 1. The van der Waals surface area contributed by atoms with Gasteiger partial charge in [0.2, 0.25) is 0 Å². The molecule has 1 aliphatic carbocycles. The van der Waals surface area contributed by atoms with Gasteiger partial charge in [0.1, 0.15) is 11.6 Å². The van der Waals surface area contributed by atoms with Crippen LogP contribution in [0.2, 0.25) is 0 Å². The van der Waals surface area contributed by atoms with E-state index in [1.54, 1.807) is 0 Å². The van der Waals surface area contributed by atoms with Gasteiger partial charge >= 0.3 is 12.0 Å². The molecule has 0 radical (unpaired) electrons. The summed E-state index contributed by atoms with van der Waals surface area (Å²) in [5.41, 5.74) is 0.387. The highest BCUT2D eigenvalue weighted by atomic mass is 19.1. The summed E-state index contributed by atoms with van der Waals surface area (Å²) in [6.45, 7) is 0.760. The van der Waals surface area contributed by atoms with Gasteiger partial charge in [-0.05, 0) is 37.3 Å². The van der Waals surface area contributed by atoms with Gasteiger partial charge in [0.15, 0.2) is 0 Å². The molecule has 1 aliphatic rings. The number of rotatable bonds is 8. The summed E-state index contributed by atoms with van der Waals surface area (Å²) in [4.78, 5) is 22.1. The van der Waals surface area contributed by atoms with E-state index in [1.165, 1.54) is 18.2 Å². The topological polar surface area (TPSA) is 87.7 Å². The van der Waals surface area contributed by atoms with Crippen LogP contribution in [-0.2, 0) is 4.79 Å². The molecule has 0 unspecified atom stereocenters. The molecular formula is C15H19FN2O4. The Bertz CT molecular complexity index is 546. The fourth-order valence-electron chi connectivity index (χ4n) is 1.82. The van der Waals surface area contributed by atoms with Crippen molar-refractivity contribution in [3.63, 3.8) is 0 Å². The Morgan fingerprint density at radius 3 is 2.82 bits per heavy atom. The maximum absolute atomic E-state index is 13.3. The Morgan fingerprint density at radius 1 is 1.36 bits per heavy atom. The molecule has 0 aromatic heterocycles. The maximum Gasteiger partial charge on any atom is 0.319 e. The summed E-state index contributed by atoms with van der Waals surface area (Å²) in [7, 11) is 0. The molecule has 0 spiro atoms. The van der Waals surface area contributed by atoms with Gasteiger partial charge in [0.25, 0.3) is 0 Å². The highest BCUT2D eigenvalue weighted by Gasteiger charge is 2.22. The minimum Gasteiger partial charge on any atom is -0.491 e. The SMILES string of the molecule is O=C(O)CCCNC(=O)Nc1ccc(F)cc1OCC1CC1. The van der Waals surface area contributed by atoms with Crippen LogP contribution in [0.25, 0.3) is 0 Å². The van der Waals surface area contributed by atoms with E-state index in [4.69, 9.17) is 9.84 Å². The maximum atomic E-state index is 13.3. The Morgan fingerprint density at radius 2 is 2.14 bits per heavy atom. The van der Waals surface area contributed by atoms with E-state index in [0.717, 1.165) is 12.8 Å². The summed E-state index contributed by atoms with van der Waals surface area (Å²) in [6, 6.07) is 3.44. The number of hydrogen-bond donors (Lipinski definition) is 3. The summed E-state index contributed by atoms with van der Waals surface area (Å²) in [6.07, 6.45) is 2.56. The van der Waals surface area contributed by atoms with Crippen molar-refractivity contribution < 1.29 is 23.8 Å². The summed E-state index contributed by atoms with van der Waals surface area (Å²) < 4.78 is 18.8. The van der Waals surface area contributed by atoms with E-state index in [0.29, 0.717) is 30.4 Å². The van der Waals surface area contributed by atoms with Crippen LogP contribution >= 0.6 is 0 Å². The van der Waals surface area contributed by atoms with Crippen molar-refractivity contribution in [3.05, 3.63) is 24.0 Å². The van der Waals surface area contributed by atoms with Crippen LogP contribution in [0, 0.1) is 11.7 Å². The van der Waals surface area contributed by atoms with Gasteiger partial charge in [-0.2, -0.15) is 0 Å². The van der Waals surface area contributed by atoms with Gasteiger partial charge in [0.05, 0.1) is 12.3 Å². The molecule has 3 N–H and O–H groups in total. The van der Waals surface area contributed by atoms with E-state index in [2.05, 4.69) is 10.6 Å². The molecule has 1 saturated carbocycles. The molecule has 1 aromatic carbocycles. The number of urea groups is 1. The smallest absolute Gasteiger partial charge is 0.319 e. The Balaban J connectivity index is 1.84. The number of ether oxygens (including phenoxy) is 1. The number of hydrogen-bond acceptors (Lipinski definition) is 3. The third kappa shape index (κ3) is 5.59. The molecule has 2 rings (SSSR count).